The summed E-state index contributed by atoms with van der Waals surface area (Å²) in [4.78, 5) is 27.0. The van der Waals surface area contributed by atoms with Crippen molar-refractivity contribution in [2.45, 2.75) is 19.5 Å². The molecule has 0 bridgehead atoms. The third-order valence-electron chi connectivity index (χ3n) is 4.69. The first-order chi connectivity index (χ1) is 14.6. The molecule has 2 amide bonds. The Bertz CT molecular complexity index is 1040. The Kier molecular flexibility index (Phi) is 8.46. The zero-order chi connectivity index (χ0) is 23.2. The molecule has 0 heterocycles. The van der Waals surface area contributed by atoms with Gasteiger partial charge in [0.1, 0.15) is 18.3 Å². The van der Waals surface area contributed by atoms with Gasteiger partial charge in [0.15, 0.2) is 0 Å². The zero-order valence-corrected chi connectivity index (χ0v) is 20.2. The van der Waals surface area contributed by atoms with E-state index in [-0.39, 0.29) is 18.1 Å². The van der Waals surface area contributed by atoms with Gasteiger partial charge in [0.05, 0.1) is 19.1 Å². The van der Waals surface area contributed by atoms with Crippen molar-refractivity contribution in [3.63, 3.8) is 0 Å². The number of hydrogen-bond donors (Lipinski definition) is 1. The third-order valence-corrected chi connectivity index (χ3v) is 6.31. The molecule has 0 saturated heterocycles. The van der Waals surface area contributed by atoms with Crippen LogP contribution in [0.4, 0.5) is 5.69 Å². The van der Waals surface area contributed by atoms with Crippen molar-refractivity contribution in [2.24, 2.45) is 0 Å². The van der Waals surface area contributed by atoms with Crippen molar-refractivity contribution < 1.29 is 22.7 Å². The van der Waals surface area contributed by atoms with Gasteiger partial charge in [-0.05, 0) is 36.8 Å². The molecule has 1 atom stereocenters. The summed E-state index contributed by atoms with van der Waals surface area (Å²) in [7, 11) is -0.903. The van der Waals surface area contributed by atoms with Gasteiger partial charge in [-0.15, -0.1) is 0 Å². The molecule has 0 fully saturated rings. The highest BCUT2D eigenvalue weighted by Gasteiger charge is 2.30. The van der Waals surface area contributed by atoms with Crippen molar-refractivity contribution in [1.82, 2.24) is 10.2 Å². The highest BCUT2D eigenvalue weighted by Crippen LogP contribution is 2.29. The molecule has 8 nitrogen and oxygen atoms in total. The summed E-state index contributed by atoms with van der Waals surface area (Å²) in [5.74, 6) is -0.558. The van der Waals surface area contributed by atoms with Crippen LogP contribution in [0.2, 0.25) is 0 Å². The molecule has 0 aliphatic heterocycles. The number of halogens is 1. The van der Waals surface area contributed by atoms with Gasteiger partial charge in [0, 0.05) is 18.1 Å². The summed E-state index contributed by atoms with van der Waals surface area (Å²) in [6.07, 6.45) is 1.02. The van der Waals surface area contributed by atoms with Gasteiger partial charge >= 0.3 is 0 Å². The quantitative estimate of drug-likeness (QED) is 0.557. The average Bonchev–Trinajstić information content (AvgIpc) is 2.73. The molecule has 0 aromatic heterocycles. The third kappa shape index (κ3) is 6.44. The minimum atomic E-state index is -3.81. The molecule has 2 rings (SSSR count). The van der Waals surface area contributed by atoms with Crippen molar-refractivity contribution in [2.75, 3.05) is 31.3 Å². The summed E-state index contributed by atoms with van der Waals surface area (Å²) in [5.41, 5.74) is 1.04. The van der Waals surface area contributed by atoms with Crippen molar-refractivity contribution >= 4 is 43.5 Å². The van der Waals surface area contributed by atoms with E-state index in [0.717, 1.165) is 20.6 Å². The Balaban J connectivity index is 2.42. The van der Waals surface area contributed by atoms with Gasteiger partial charge in [-0.2, -0.15) is 0 Å². The van der Waals surface area contributed by atoms with E-state index >= 15 is 0 Å². The lowest BCUT2D eigenvalue weighted by Crippen LogP contribution is -2.50. The minimum absolute atomic E-state index is 0.135. The standard InChI is InChI=1S/C21H26BrN3O5S/c1-15(21(27)23-2)24(13-16-8-7-9-17(22)12-16)20(26)14-25(31(4,28)29)18-10-5-6-11-19(18)30-3/h5-12,15H,13-14H2,1-4H3,(H,23,27)/t15-/m0/s1. The number of carbonyl (C=O) groups is 2. The summed E-state index contributed by atoms with van der Waals surface area (Å²) in [5, 5.41) is 2.54. The highest BCUT2D eigenvalue weighted by atomic mass is 79.9. The van der Waals surface area contributed by atoms with Crippen molar-refractivity contribution in [3.8, 4) is 5.75 Å². The fourth-order valence-electron chi connectivity index (χ4n) is 3.05. The Morgan fingerprint density at radius 2 is 1.84 bits per heavy atom. The molecular formula is C21H26BrN3O5S. The minimum Gasteiger partial charge on any atom is -0.495 e. The van der Waals surface area contributed by atoms with Crippen LogP contribution in [-0.4, -0.2) is 58.1 Å². The second-order valence-corrected chi connectivity index (χ2v) is 9.71. The molecule has 10 heteroatoms. The van der Waals surface area contributed by atoms with Gasteiger partial charge in [-0.3, -0.25) is 13.9 Å². The number of sulfonamides is 1. The topological polar surface area (TPSA) is 96.0 Å². The molecule has 2 aromatic carbocycles. The largest absolute Gasteiger partial charge is 0.495 e. The smallest absolute Gasteiger partial charge is 0.244 e. The second kappa shape index (κ2) is 10.6. The maximum atomic E-state index is 13.3. The van der Waals surface area contributed by atoms with E-state index in [1.54, 1.807) is 31.2 Å². The molecule has 1 N–H and O–H groups in total. The first kappa shape index (κ1) is 24.7. The average molecular weight is 512 g/mol. The number of carbonyl (C=O) groups excluding carboxylic acids is 2. The van der Waals surface area contributed by atoms with E-state index in [9.17, 15) is 18.0 Å². The highest BCUT2D eigenvalue weighted by molar-refractivity contribution is 9.10. The molecule has 0 aliphatic rings. The summed E-state index contributed by atoms with van der Waals surface area (Å²) < 4.78 is 32.2. The molecule has 31 heavy (non-hydrogen) atoms. The maximum Gasteiger partial charge on any atom is 0.244 e. The van der Waals surface area contributed by atoms with Crippen LogP contribution >= 0.6 is 15.9 Å². The van der Waals surface area contributed by atoms with E-state index in [2.05, 4.69) is 21.2 Å². The molecule has 0 saturated carbocycles. The van der Waals surface area contributed by atoms with Crippen LogP contribution in [0.5, 0.6) is 5.75 Å². The number of hydrogen-bond acceptors (Lipinski definition) is 5. The predicted molar refractivity (Wildman–Crippen MR) is 123 cm³/mol. The molecule has 0 aliphatic carbocycles. The van der Waals surface area contributed by atoms with Crippen molar-refractivity contribution in [1.29, 1.82) is 0 Å². The van der Waals surface area contributed by atoms with Gasteiger partial charge in [-0.25, -0.2) is 8.42 Å². The van der Waals surface area contributed by atoms with Gasteiger partial charge < -0.3 is 15.0 Å². The van der Waals surface area contributed by atoms with Gasteiger partial charge in [0.2, 0.25) is 21.8 Å². The first-order valence-corrected chi connectivity index (χ1v) is 12.1. The predicted octanol–water partition coefficient (Wildman–Crippen LogP) is 2.39. The number of benzene rings is 2. The number of amides is 2. The number of ether oxygens (including phenoxy) is 1. The van der Waals surface area contributed by atoms with Crippen LogP contribution in [-0.2, 0) is 26.2 Å². The van der Waals surface area contributed by atoms with Gasteiger partial charge in [-0.1, -0.05) is 40.2 Å². The van der Waals surface area contributed by atoms with Gasteiger partial charge in [0.25, 0.3) is 0 Å². The zero-order valence-electron chi connectivity index (χ0n) is 17.8. The fourth-order valence-corrected chi connectivity index (χ4v) is 4.35. The second-order valence-electron chi connectivity index (χ2n) is 6.88. The number of para-hydroxylation sites is 2. The lowest BCUT2D eigenvalue weighted by molar-refractivity contribution is -0.139. The van der Waals surface area contributed by atoms with Crippen LogP contribution in [0.25, 0.3) is 0 Å². The monoisotopic (exact) mass is 511 g/mol. The number of methoxy groups -OCH3 is 1. The number of nitrogens with zero attached hydrogens (tertiary/aromatic N) is 2. The molecule has 2 aromatic rings. The normalized spacial score (nSPS) is 12.0. The number of rotatable bonds is 9. The maximum absolute atomic E-state index is 13.3. The van der Waals surface area contributed by atoms with Crippen LogP contribution in [0.15, 0.2) is 53.0 Å². The van der Waals surface area contributed by atoms with E-state index in [1.807, 2.05) is 24.3 Å². The number of nitrogens with one attached hydrogen (secondary N) is 1. The molecule has 0 spiro atoms. The molecule has 168 valence electrons. The van der Waals surface area contributed by atoms with Crippen LogP contribution in [0.1, 0.15) is 12.5 Å². The number of anilines is 1. The van der Waals surface area contributed by atoms with Crippen LogP contribution in [0, 0.1) is 0 Å². The Labute approximate surface area is 191 Å². The fraction of sp³-hybridized carbons (Fsp3) is 0.333. The first-order valence-electron chi connectivity index (χ1n) is 9.44. The molecule has 0 radical (unpaired) electrons. The SMILES string of the molecule is CNC(=O)[C@H](C)N(Cc1cccc(Br)c1)C(=O)CN(c1ccccc1OC)S(C)(=O)=O. The lowest BCUT2D eigenvalue weighted by atomic mass is 10.1. The van der Waals surface area contributed by atoms with Crippen molar-refractivity contribution in [3.05, 3.63) is 58.6 Å². The molecular weight excluding hydrogens is 486 g/mol. The van der Waals surface area contributed by atoms with E-state index < -0.39 is 28.5 Å². The summed E-state index contributed by atoms with van der Waals surface area (Å²) >= 11 is 3.40. The number of likely N-dealkylation sites (N-methyl/N-ethyl adjacent to an activating group) is 1. The summed E-state index contributed by atoms with van der Waals surface area (Å²) in [6.45, 7) is 1.26. The van der Waals surface area contributed by atoms with E-state index in [1.165, 1.54) is 19.1 Å². The molecule has 0 unspecified atom stereocenters. The van der Waals surface area contributed by atoms with Crippen LogP contribution < -0.4 is 14.4 Å². The van der Waals surface area contributed by atoms with E-state index in [0.29, 0.717) is 5.75 Å². The Hall–Kier alpha value is -2.59. The Morgan fingerprint density at radius 1 is 1.16 bits per heavy atom. The lowest BCUT2D eigenvalue weighted by Gasteiger charge is -2.31. The van der Waals surface area contributed by atoms with Crippen LogP contribution in [0.3, 0.4) is 0 Å². The summed E-state index contributed by atoms with van der Waals surface area (Å²) in [6, 6.07) is 13.1. The van der Waals surface area contributed by atoms with E-state index in [4.69, 9.17) is 4.74 Å². The Morgan fingerprint density at radius 3 is 2.42 bits per heavy atom.